The highest BCUT2D eigenvalue weighted by Gasteiger charge is 2.33. The van der Waals surface area contributed by atoms with Crippen LogP contribution in [0.15, 0.2) is 42.6 Å². The second-order valence-corrected chi connectivity index (χ2v) is 9.72. The number of hydrogen-bond donors (Lipinski definition) is 3. The standard InChI is InChI=1S/C27H32N6O3/c1-17-8-21(9-20(16-34)31-17)32-14-24(26(35)15-32)30-11-22-13-33(12-18(2)36-22)25-6-5-19(10-28)27-23(25)4-3-7-29-27/h3-9,18,22,24,26,30,34-35H,11-16H2,1-2H3/t18-,22+,24?,26-/m1/s1. The number of β-amino-alcohol motifs (C(OH)–C–C–N with tert-alkyl or cyclic N) is 1. The monoisotopic (exact) mass is 488 g/mol. The number of pyridine rings is 2. The van der Waals surface area contributed by atoms with Gasteiger partial charge in [-0.2, -0.15) is 5.26 Å². The predicted molar refractivity (Wildman–Crippen MR) is 138 cm³/mol. The highest BCUT2D eigenvalue weighted by Crippen LogP contribution is 2.30. The number of hydrogen-bond acceptors (Lipinski definition) is 9. The van der Waals surface area contributed by atoms with Crippen LogP contribution in [0.25, 0.3) is 10.9 Å². The van der Waals surface area contributed by atoms with Crippen LogP contribution in [0, 0.1) is 18.3 Å². The molecular formula is C27H32N6O3. The van der Waals surface area contributed by atoms with Gasteiger partial charge in [0.1, 0.15) is 6.07 Å². The molecule has 0 amide bonds. The molecule has 4 heterocycles. The molecule has 9 heteroatoms. The summed E-state index contributed by atoms with van der Waals surface area (Å²) >= 11 is 0. The molecule has 188 valence electrons. The van der Waals surface area contributed by atoms with Crippen molar-refractivity contribution in [3.05, 3.63) is 59.5 Å². The number of morpholine rings is 1. The Bertz CT molecular complexity index is 1280. The molecule has 1 aromatic carbocycles. The van der Waals surface area contributed by atoms with Gasteiger partial charge in [-0.3, -0.25) is 9.97 Å². The first kappa shape index (κ1) is 24.4. The lowest BCUT2D eigenvalue weighted by atomic mass is 10.1. The molecule has 0 radical (unpaired) electrons. The molecule has 2 fully saturated rings. The number of fused-ring (bicyclic) bond motifs is 1. The van der Waals surface area contributed by atoms with Crippen molar-refractivity contribution in [2.75, 3.05) is 42.5 Å². The molecule has 2 aliphatic rings. The molecule has 0 spiro atoms. The van der Waals surface area contributed by atoms with E-state index in [0.717, 1.165) is 34.5 Å². The van der Waals surface area contributed by atoms with Gasteiger partial charge < -0.3 is 30.1 Å². The molecule has 2 aromatic heterocycles. The molecule has 36 heavy (non-hydrogen) atoms. The van der Waals surface area contributed by atoms with Crippen LogP contribution in [0.3, 0.4) is 0 Å². The minimum Gasteiger partial charge on any atom is -0.390 e. The fourth-order valence-corrected chi connectivity index (χ4v) is 5.34. The van der Waals surface area contributed by atoms with Crippen molar-refractivity contribution < 1.29 is 14.9 Å². The Morgan fingerprint density at radius 2 is 2.03 bits per heavy atom. The quantitative estimate of drug-likeness (QED) is 0.477. The smallest absolute Gasteiger partial charge is 0.101 e. The number of benzene rings is 1. The average molecular weight is 489 g/mol. The first-order chi connectivity index (χ1) is 17.4. The summed E-state index contributed by atoms with van der Waals surface area (Å²) in [6.45, 7) is 7.11. The third-order valence-electron chi connectivity index (χ3n) is 6.95. The Labute approximate surface area is 211 Å². The molecular weight excluding hydrogens is 456 g/mol. The number of aliphatic hydroxyl groups excluding tert-OH is 2. The van der Waals surface area contributed by atoms with E-state index in [2.05, 4.69) is 38.1 Å². The van der Waals surface area contributed by atoms with E-state index in [1.165, 1.54) is 0 Å². The second-order valence-electron chi connectivity index (χ2n) is 9.72. The second kappa shape index (κ2) is 10.4. The molecule has 2 saturated heterocycles. The number of nitrogens with one attached hydrogen (secondary N) is 1. The zero-order valence-corrected chi connectivity index (χ0v) is 20.6. The van der Waals surface area contributed by atoms with Crippen LogP contribution in [0.4, 0.5) is 11.4 Å². The van der Waals surface area contributed by atoms with Gasteiger partial charge in [0.05, 0.1) is 47.7 Å². The lowest BCUT2D eigenvalue weighted by molar-refractivity contribution is -0.0170. The van der Waals surface area contributed by atoms with Gasteiger partial charge in [-0.25, -0.2) is 0 Å². The fraction of sp³-hybridized carbons (Fsp3) is 0.444. The van der Waals surface area contributed by atoms with Crippen molar-refractivity contribution in [1.29, 1.82) is 5.26 Å². The van der Waals surface area contributed by atoms with E-state index >= 15 is 0 Å². The number of nitriles is 1. The summed E-state index contributed by atoms with van der Waals surface area (Å²) < 4.78 is 6.24. The van der Waals surface area contributed by atoms with Crippen molar-refractivity contribution in [3.63, 3.8) is 0 Å². The van der Waals surface area contributed by atoms with Gasteiger partial charge >= 0.3 is 0 Å². The molecule has 9 nitrogen and oxygen atoms in total. The molecule has 1 unspecified atom stereocenters. The molecule has 0 bridgehead atoms. The predicted octanol–water partition coefficient (Wildman–Crippen LogP) is 1.74. The normalized spacial score (nSPS) is 24.3. The van der Waals surface area contributed by atoms with Crippen LogP contribution >= 0.6 is 0 Å². The van der Waals surface area contributed by atoms with Crippen LogP contribution < -0.4 is 15.1 Å². The zero-order chi connectivity index (χ0) is 25.2. The van der Waals surface area contributed by atoms with Gasteiger partial charge in [-0.05, 0) is 50.2 Å². The lowest BCUT2D eigenvalue weighted by Gasteiger charge is -2.39. The zero-order valence-electron chi connectivity index (χ0n) is 20.6. The highest BCUT2D eigenvalue weighted by molar-refractivity contribution is 5.95. The highest BCUT2D eigenvalue weighted by atomic mass is 16.5. The van der Waals surface area contributed by atoms with Crippen molar-refractivity contribution in [3.8, 4) is 6.07 Å². The number of aryl methyl sites for hydroxylation is 1. The van der Waals surface area contributed by atoms with E-state index in [0.29, 0.717) is 37.4 Å². The summed E-state index contributed by atoms with van der Waals surface area (Å²) in [6.07, 6.45) is 1.19. The van der Waals surface area contributed by atoms with Gasteiger partial charge in [0.15, 0.2) is 0 Å². The molecule has 0 saturated carbocycles. The number of nitrogens with zero attached hydrogens (tertiary/aromatic N) is 5. The maximum absolute atomic E-state index is 10.7. The fourth-order valence-electron chi connectivity index (χ4n) is 5.34. The Morgan fingerprint density at radius 3 is 2.83 bits per heavy atom. The molecule has 3 aromatic rings. The van der Waals surface area contributed by atoms with Gasteiger partial charge in [0.2, 0.25) is 0 Å². The summed E-state index contributed by atoms with van der Waals surface area (Å²) in [5.74, 6) is 0. The van der Waals surface area contributed by atoms with Crippen LogP contribution in [0.2, 0.25) is 0 Å². The van der Waals surface area contributed by atoms with Crippen LogP contribution in [-0.4, -0.2) is 77.3 Å². The lowest BCUT2D eigenvalue weighted by Crippen LogP contribution is -2.52. The number of ether oxygens (including phenoxy) is 1. The number of anilines is 2. The Kier molecular flexibility index (Phi) is 7.03. The largest absolute Gasteiger partial charge is 0.390 e. The average Bonchev–Trinajstić information content (AvgIpc) is 3.26. The van der Waals surface area contributed by atoms with Crippen LogP contribution in [0.5, 0.6) is 0 Å². The van der Waals surface area contributed by atoms with E-state index < -0.39 is 6.10 Å². The van der Waals surface area contributed by atoms with Gasteiger partial charge in [-0.15, -0.1) is 0 Å². The van der Waals surface area contributed by atoms with Gasteiger partial charge in [-0.1, -0.05) is 0 Å². The summed E-state index contributed by atoms with van der Waals surface area (Å²) in [5.41, 5.74) is 4.78. The topological polar surface area (TPSA) is 118 Å². The third-order valence-corrected chi connectivity index (χ3v) is 6.95. The number of aromatic nitrogens is 2. The molecule has 5 rings (SSSR count). The minimum absolute atomic E-state index is 0.0367. The van der Waals surface area contributed by atoms with Crippen LogP contribution in [0.1, 0.15) is 23.9 Å². The molecule has 3 N–H and O–H groups in total. The first-order valence-electron chi connectivity index (χ1n) is 12.4. The van der Waals surface area contributed by atoms with E-state index in [1.807, 2.05) is 43.3 Å². The third kappa shape index (κ3) is 4.99. The van der Waals surface area contributed by atoms with E-state index in [4.69, 9.17) is 4.74 Å². The van der Waals surface area contributed by atoms with E-state index in [-0.39, 0.29) is 24.9 Å². The van der Waals surface area contributed by atoms with Crippen molar-refractivity contribution in [2.24, 2.45) is 0 Å². The Morgan fingerprint density at radius 1 is 1.17 bits per heavy atom. The minimum atomic E-state index is -0.512. The van der Waals surface area contributed by atoms with E-state index in [1.54, 1.807) is 6.20 Å². The van der Waals surface area contributed by atoms with Gasteiger partial charge in [0, 0.05) is 61.4 Å². The van der Waals surface area contributed by atoms with E-state index in [9.17, 15) is 15.5 Å². The summed E-state index contributed by atoms with van der Waals surface area (Å²) in [7, 11) is 0. The maximum Gasteiger partial charge on any atom is 0.101 e. The Hall–Kier alpha value is -3.29. The Balaban J connectivity index is 1.26. The van der Waals surface area contributed by atoms with Crippen molar-refractivity contribution in [2.45, 2.75) is 44.8 Å². The molecule has 4 atom stereocenters. The summed E-state index contributed by atoms with van der Waals surface area (Å²) in [4.78, 5) is 13.2. The number of aliphatic hydroxyl groups is 2. The molecule has 2 aliphatic heterocycles. The van der Waals surface area contributed by atoms with Crippen molar-refractivity contribution >= 4 is 22.3 Å². The van der Waals surface area contributed by atoms with Crippen molar-refractivity contribution in [1.82, 2.24) is 15.3 Å². The van der Waals surface area contributed by atoms with Gasteiger partial charge in [0.25, 0.3) is 0 Å². The molecule has 0 aliphatic carbocycles. The van der Waals surface area contributed by atoms with Crippen LogP contribution in [-0.2, 0) is 11.3 Å². The number of rotatable bonds is 6. The summed E-state index contributed by atoms with van der Waals surface area (Å²) in [5, 5.41) is 34.2. The maximum atomic E-state index is 10.7. The first-order valence-corrected chi connectivity index (χ1v) is 12.4. The SMILES string of the molecule is Cc1cc(N2CC(NC[C@H]3CN(c4ccc(C#N)c5ncccc45)C[C@@H](C)O3)[C@H](O)C2)cc(CO)n1. The summed E-state index contributed by atoms with van der Waals surface area (Å²) in [6, 6.07) is 13.8.